The van der Waals surface area contributed by atoms with Crippen molar-refractivity contribution in [2.45, 2.75) is 5.41 Å². The van der Waals surface area contributed by atoms with Crippen LogP contribution in [-0.2, 0) is 5.41 Å². The van der Waals surface area contributed by atoms with Crippen LogP contribution in [0.15, 0.2) is 170 Å². The summed E-state index contributed by atoms with van der Waals surface area (Å²) in [5, 5.41) is 5.17. The maximum absolute atomic E-state index is 2.47. The van der Waals surface area contributed by atoms with Crippen LogP contribution in [0.4, 0.5) is 22.7 Å². The highest BCUT2D eigenvalue weighted by Gasteiger charge is 2.53. The summed E-state index contributed by atoms with van der Waals surface area (Å²) in [6.07, 6.45) is 0. The first-order chi connectivity index (χ1) is 24.2. The number of hydrogen-bond acceptors (Lipinski definition) is 2. The van der Waals surface area contributed by atoms with Crippen LogP contribution in [-0.4, -0.2) is 14.1 Å². The van der Waals surface area contributed by atoms with E-state index in [0.29, 0.717) is 0 Å². The Kier molecular flexibility index (Phi) is 5.95. The number of para-hydroxylation sites is 2. The second kappa shape index (κ2) is 10.4. The zero-order chi connectivity index (χ0) is 32.7. The lowest BCUT2D eigenvalue weighted by atomic mass is 9.69. The molecule has 0 N–H and O–H groups in total. The summed E-state index contributed by atoms with van der Waals surface area (Å²) in [6, 6.07) is 62.8. The molecule has 0 heterocycles. The topological polar surface area (TPSA) is 6.48 Å². The largest absolute Gasteiger partial charge is 0.345 e. The van der Waals surface area contributed by atoms with E-state index in [0.717, 1.165) is 0 Å². The zero-order valence-electron chi connectivity index (χ0n) is 27.6. The minimum Gasteiger partial charge on any atom is -0.345 e. The van der Waals surface area contributed by atoms with Gasteiger partial charge in [-0.3, -0.25) is 0 Å². The molecule has 8 aromatic rings. The Morgan fingerprint density at radius 3 is 1.49 bits per heavy atom. The second-order valence-corrected chi connectivity index (χ2v) is 13.4. The van der Waals surface area contributed by atoms with Crippen molar-refractivity contribution in [3.05, 3.63) is 192 Å². The molecule has 1 spiro atoms. The average Bonchev–Trinajstić information content (AvgIpc) is 3.65. The molecule has 8 aromatic carbocycles. The fourth-order valence-electron chi connectivity index (χ4n) is 8.86. The summed E-state index contributed by atoms with van der Waals surface area (Å²) < 4.78 is 0. The highest BCUT2D eigenvalue weighted by molar-refractivity contribution is 6.20. The van der Waals surface area contributed by atoms with Gasteiger partial charge in [-0.1, -0.05) is 121 Å². The number of nitrogens with zero attached hydrogens (tertiary/aromatic N) is 2. The number of benzene rings is 8. The fourth-order valence-corrected chi connectivity index (χ4v) is 8.86. The molecule has 0 fully saturated rings. The van der Waals surface area contributed by atoms with Crippen LogP contribution in [0, 0.1) is 0 Å². The maximum atomic E-state index is 2.47. The molecule has 0 bridgehead atoms. The lowest BCUT2D eigenvalue weighted by Gasteiger charge is -2.32. The predicted octanol–water partition coefficient (Wildman–Crippen LogP) is 11.9. The lowest BCUT2D eigenvalue weighted by molar-refractivity contribution is 0.801. The van der Waals surface area contributed by atoms with Gasteiger partial charge >= 0.3 is 0 Å². The smallest absolute Gasteiger partial charge is 0.0732 e. The van der Waals surface area contributed by atoms with Crippen molar-refractivity contribution in [1.29, 1.82) is 0 Å². The molecule has 0 atom stereocenters. The van der Waals surface area contributed by atoms with E-state index in [1.165, 1.54) is 88.8 Å². The molecule has 0 radical (unpaired) electrons. The van der Waals surface area contributed by atoms with Gasteiger partial charge in [0.1, 0.15) is 0 Å². The average molecular weight is 627 g/mol. The van der Waals surface area contributed by atoms with Gasteiger partial charge < -0.3 is 9.80 Å². The standard InChI is InChI=1S/C47H34N2/c1-48(31-15-5-3-6-16-31)33-25-27-39-41(29-33)35-19-9-10-22-38(35)45-40-28-26-34(49(2)32-17-7-4-8-18-32)30-44(40)47(46(39)45)42-23-13-11-20-36(42)37-21-12-14-24-43(37)47/h3-30H,1-2H3. The Hall–Kier alpha value is -6.12. The molecule has 0 unspecified atom stereocenters. The SMILES string of the molecule is CN(c1ccccc1)c1ccc2c(c1)C1(c3ccccc3-c3ccccc31)c1c-2c2ccccc2c2cc(N(C)c3ccccc3)ccc12. The molecule has 232 valence electrons. The van der Waals surface area contributed by atoms with Crippen LogP contribution in [0.1, 0.15) is 22.3 Å². The molecule has 0 amide bonds. The van der Waals surface area contributed by atoms with E-state index >= 15 is 0 Å². The van der Waals surface area contributed by atoms with E-state index in [-0.39, 0.29) is 0 Å². The Morgan fingerprint density at radius 2 is 0.857 bits per heavy atom. The summed E-state index contributed by atoms with van der Waals surface area (Å²) >= 11 is 0. The first-order valence-electron chi connectivity index (χ1n) is 17.1. The third-order valence-electron chi connectivity index (χ3n) is 11.1. The monoisotopic (exact) mass is 626 g/mol. The number of fused-ring (bicyclic) bond motifs is 15. The molecule has 0 aliphatic heterocycles. The van der Waals surface area contributed by atoms with Crippen molar-refractivity contribution in [3.63, 3.8) is 0 Å². The van der Waals surface area contributed by atoms with Crippen LogP contribution in [0.5, 0.6) is 0 Å². The fraction of sp³-hybridized carbons (Fsp3) is 0.0638. The van der Waals surface area contributed by atoms with Crippen LogP contribution < -0.4 is 9.80 Å². The summed E-state index contributed by atoms with van der Waals surface area (Å²) in [4.78, 5) is 4.60. The Bertz CT molecular complexity index is 2540. The minimum atomic E-state index is -0.472. The van der Waals surface area contributed by atoms with E-state index in [9.17, 15) is 0 Å². The van der Waals surface area contributed by atoms with Crippen molar-refractivity contribution >= 4 is 44.3 Å². The van der Waals surface area contributed by atoms with Gasteiger partial charge in [-0.2, -0.15) is 0 Å². The van der Waals surface area contributed by atoms with E-state index < -0.39 is 5.41 Å². The molecule has 10 rings (SSSR count). The van der Waals surface area contributed by atoms with Gasteiger partial charge in [0.15, 0.2) is 0 Å². The first kappa shape index (κ1) is 27.9. The lowest BCUT2D eigenvalue weighted by Crippen LogP contribution is -2.26. The van der Waals surface area contributed by atoms with E-state index in [1.54, 1.807) is 0 Å². The van der Waals surface area contributed by atoms with Crippen LogP contribution >= 0.6 is 0 Å². The normalized spacial score (nSPS) is 13.3. The molecule has 0 saturated heterocycles. The Morgan fingerprint density at radius 1 is 0.347 bits per heavy atom. The van der Waals surface area contributed by atoms with Gasteiger partial charge in [0.2, 0.25) is 0 Å². The molecule has 0 aromatic heterocycles. The minimum absolute atomic E-state index is 0.472. The molecular weight excluding hydrogens is 593 g/mol. The van der Waals surface area contributed by atoms with Crippen molar-refractivity contribution in [3.8, 4) is 22.3 Å². The third-order valence-corrected chi connectivity index (χ3v) is 11.1. The number of rotatable bonds is 4. The predicted molar refractivity (Wildman–Crippen MR) is 207 cm³/mol. The zero-order valence-corrected chi connectivity index (χ0v) is 27.6. The van der Waals surface area contributed by atoms with E-state index in [2.05, 4.69) is 194 Å². The molecule has 2 aliphatic rings. The van der Waals surface area contributed by atoms with Crippen LogP contribution in [0.25, 0.3) is 43.8 Å². The Labute approximate surface area is 287 Å². The second-order valence-electron chi connectivity index (χ2n) is 13.4. The molecule has 2 nitrogen and oxygen atoms in total. The van der Waals surface area contributed by atoms with Crippen molar-refractivity contribution in [1.82, 2.24) is 0 Å². The van der Waals surface area contributed by atoms with Crippen molar-refractivity contribution < 1.29 is 0 Å². The summed E-state index contributed by atoms with van der Waals surface area (Å²) in [7, 11) is 4.34. The molecule has 2 aliphatic carbocycles. The van der Waals surface area contributed by atoms with Gasteiger partial charge in [0, 0.05) is 36.8 Å². The molecular formula is C47H34N2. The van der Waals surface area contributed by atoms with Crippen molar-refractivity contribution in [2.75, 3.05) is 23.9 Å². The summed E-state index contributed by atoms with van der Waals surface area (Å²) in [6.45, 7) is 0. The van der Waals surface area contributed by atoms with Gasteiger partial charge in [0.25, 0.3) is 0 Å². The summed E-state index contributed by atoms with van der Waals surface area (Å²) in [5.41, 5.74) is 15.0. The van der Waals surface area contributed by atoms with Gasteiger partial charge in [-0.25, -0.2) is 0 Å². The Balaban J connectivity index is 1.34. The summed E-state index contributed by atoms with van der Waals surface area (Å²) in [5.74, 6) is 0. The van der Waals surface area contributed by atoms with Gasteiger partial charge in [-0.15, -0.1) is 0 Å². The first-order valence-corrected chi connectivity index (χ1v) is 17.1. The molecule has 2 heteroatoms. The molecule has 0 saturated carbocycles. The van der Waals surface area contributed by atoms with Gasteiger partial charge in [-0.05, 0) is 115 Å². The highest BCUT2D eigenvalue weighted by Crippen LogP contribution is 2.65. The maximum Gasteiger partial charge on any atom is 0.0732 e. The molecule has 49 heavy (non-hydrogen) atoms. The van der Waals surface area contributed by atoms with Gasteiger partial charge in [0.05, 0.1) is 5.41 Å². The quantitative estimate of drug-likeness (QED) is 0.179. The van der Waals surface area contributed by atoms with Crippen molar-refractivity contribution in [2.24, 2.45) is 0 Å². The van der Waals surface area contributed by atoms with E-state index in [4.69, 9.17) is 0 Å². The van der Waals surface area contributed by atoms with Crippen LogP contribution in [0.2, 0.25) is 0 Å². The van der Waals surface area contributed by atoms with Crippen LogP contribution in [0.3, 0.4) is 0 Å². The number of hydrogen-bond donors (Lipinski definition) is 0. The van der Waals surface area contributed by atoms with E-state index in [1.807, 2.05) is 0 Å². The highest BCUT2D eigenvalue weighted by atomic mass is 15.1. The third kappa shape index (κ3) is 3.77. The number of anilines is 4.